The number of rotatable bonds is 6. The first-order valence-corrected chi connectivity index (χ1v) is 10.9. The molecular weight excluding hydrogens is 392 g/mol. The normalized spacial score (nSPS) is 18.8. The lowest BCUT2D eigenvalue weighted by Crippen LogP contribution is -2.40. The number of amides is 2. The summed E-state index contributed by atoms with van der Waals surface area (Å²) in [6.07, 6.45) is 2.93. The van der Waals surface area contributed by atoms with Crippen LogP contribution in [0.4, 0.5) is 5.69 Å². The fraction of sp³-hybridized carbons (Fsp3) is 0.400. The van der Waals surface area contributed by atoms with Gasteiger partial charge in [0.1, 0.15) is 5.75 Å². The zero-order chi connectivity index (χ0) is 21.8. The second-order valence-corrected chi connectivity index (χ2v) is 8.33. The highest BCUT2D eigenvalue weighted by Crippen LogP contribution is 2.28. The number of ketones is 1. The van der Waals surface area contributed by atoms with Crippen molar-refractivity contribution < 1.29 is 19.1 Å². The Hall–Kier alpha value is -3.15. The standard InChI is InChI=1S/C25H28N2O4/c1-31-21-9-6-17(7-10-21)24(29)18-12-14-27(15-13-18)23(28)11-8-20-16-19-4-2-3-5-22(19)26-25(20)30/h2-7,9-10,18,20H,8,11-16H2,1H3,(H,26,30)/t20-/m0/s1. The van der Waals surface area contributed by atoms with Crippen LogP contribution in [0.5, 0.6) is 5.75 Å². The van der Waals surface area contributed by atoms with Gasteiger partial charge in [0.2, 0.25) is 11.8 Å². The maximum Gasteiger partial charge on any atom is 0.227 e. The highest BCUT2D eigenvalue weighted by Gasteiger charge is 2.30. The summed E-state index contributed by atoms with van der Waals surface area (Å²) in [5, 5.41) is 2.95. The number of nitrogens with zero attached hydrogens (tertiary/aromatic N) is 1. The Morgan fingerprint density at radius 1 is 1.06 bits per heavy atom. The second-order valence-electron chi connectivity index (χ2n) is 8.33. The number of ether oxygens (including phenoxy) is 1. The first kappa shape index (κ1) is 21.1. The van der Waals surface area contributed by atoms with E-state index in [1.54, 1.807) is 31.4 Å². The molecule has 0 aliphatic carbocycles. The van der Waals surface area contributed by atoms with E-state index in [2.05, 4.69) is 5.32 Å². The summed E-state index contributed by atoms with van der Waals surface area (Å²) in [7, 11) is 1.60. The fourth-order valence-corrected chi connectivity index (χ4v) is 4.48. The zero-order valence-electron chi connectivity index (χ0n) is 17.8. The molecule has 2 aliphatic rings. The molecule has 2 aliphatic heterocycles. The molecule has 6 heteroatoms. The lowest BCUT2D eigenvalue weighted by atomic mass is 9.88. The maximum absolute atomic E-state index is 12.8. The van der Waals surface area contributed by atoms with Gasteiger partial charge in [-0.3, -0.25) is 14.4 Å². The minimum atomic E-state index is -0.173. The van der Waals surface area contributed by atoms with Crippen LogP contribution in [-0.2, 0) is 16.0 Å². The lowest BCUT2D eigenvalue weighted by molar-refractivity contribution is -0.133. The molecule has 2 amide bonds. The molecule has 1 atom stereocenters. The Bertz CT molecular complexity index is 962. The number of fused-ring (bicyclic) bond motifs is 1. The van der Waals surface area contributed by atoms with Crippen molar-refractivity contribution in [1.29, 1.82) is 0 Å². The first-order chi connectivity index (χ1) is 15.0. The Labute approximate surface area is 182 Å². The van der Waals surface area contributed by atoms with E-state index >= 15 is 0 Å². The number of anilines is 1. The van der Waals surface area contributed by atoms with Crippen molar-refractivity contribution in [3.63, 3.8) is 0 Å². The number of Topliss-reactive ketones (excluding diaryl/α,β-unsaturated/α-hetero) is 1. The van der Waals surface area contributed by atoms with Crippen molar-refractivity contribution in [2.45, 2.75) is 32.1 Å². The average Bonchev–Trinajstić information content (AvgIpc) is 2.82. The van der Waals surface area contributed by atoms with Crippen LogP contribution in [0.25, 0.3) is 0 Å². The topological polar surface area (TPSA) is 75.7 Å². The van der Waals surface area contributed by atoms with Gasteiger partial charge >= 0.3 is 0 Å². The molecule has 162 valence electrons. The van der Waals surface area contributed by atoms with Crippen molar-refractivity contribution in [2.24, 2.45) is 11.8 Å². The van der Waals surface area contributed by atoms with Crippen LogP contribution in [0.2, 0.25) is 0 Å². The quantitative estimate of drug-likeness (QED) is 0.723. The van der Waals surface area contributed by atoms with Gasteiger partial charge in [-0.1, -0.05) is 18.2 Å². The van der Waals surface area contributed by atoms with Gasteiger partial charge in [0.05, 0.1) is 7.11 Å². The molecule has 1 N–H and O–H groups in total. The number of methoxy groups -OCH3 is 1. The van der Waals surface area contributed by atoms with Crippen LogP contribution >= 0.6 is 0 Å². The molecule has 2 aromatic rings. The predicted molar refractivity (Wildman–Crippen MR) is 118 cm³/mol. The van der Waals surface area contributed by atoms with Gasteiger partial charge in [0.25, 0.3) is 0 Å². The number of para-hydroxylation sites is 1. The Balaban J connectivity index is 1.26. The van der Waals surface area contributed by atoms with Gasteiger partial charge in [0, 0.05) is 42.6 Å². The van der Waals surface area contributed by atoms with E-state index < -0.39 is 0 Å². The molecule has 0 unspecified atom stereocenters. The van der Waals surface area contributed by atoms with Crippen LogP contribution in [0, 0.1) is 11.8 Å². The van der Waals surface area contributed by atoms with E-state index in [4.69, 9.17) is 4.74 Å². The van der Waals surface area contributed by atoms with Gasteiger partial charge in [0.15, 0.2) is 5.78 Å². The van der Waals surface area contributed by atoms with Crippen molar-refractivity contribution in [1.82, 2.24) is 4.90 Å². The highest BCUT2D eigenvalue weighted by atomic mass is 16.5. The zero-order valence-corrected chi connectivity index (χ0v) is 17.8. The summed E-state index contributed by atoms with van der Waals surface area (Å²) < 4.78 is 5.15. The fourth-order valence-electron chi connectivity index (χ4n) is 4.48. The SMILES string of the molecule is COc1ccc(C(=O)C2CCN(C(=O)CC[C@H]3Cc4ccccc4NC3=O)CC2)cc1. The van der Waals surface area contributed by atoms with Crippen molar-refractivity contribution in [3.05, 3.63) is 59.7 Å². The van der Waals surface area contributed by atoms with Crippen LogP contribution in [0.1, 0.15) is 41.6 Å². The predicted octanol–water partition coefficient (Wildman–Crippen LogP) is 3.71. The Morgan fingerprint density at radius 3 is 2.48 bits per heavy atom. The van der Waals surface area contributed by atoms with Crippen LogP contribution in [-0.4, -0.2) is 42.7 Å². The number of hydrogen-bond donors (Lipinski definition) is 1. The third kappa shape index (κ3) is 4.79. The van der Waals surface area contributed by atoms with E-state index in [1.807, 2.05) is 29.2 Å². The number of nitrogens with one attached hydrogen (secondary N) is 1. The van der Waals surface area contributed by atoms with Gasteiger partial charge in [-0.15, -0.1) is 0 Å². The summed E-state index contributed by atoms with van der Waals surface area (Å²) in [5.74, 6) is 0.697. The Morgan fingerprint density at radius 2 is 1.77 bits per heavy atom. The van der Waals surface area contributed by atoms with Crippen LogP contribution in [0.15, 0.2) is 48.5 Å². The first-order valence-electron chi connectivity index (χ1n) is 10.9. The number of hydrogen-bond acceptors (Lipinski definition) is 4. The van der Waals surface area contributed by atoms with Gasteiger partial charge < -0.3 is 15.0 Å². The molecule has 2 heterocycles. The third-order valence-electron chi connectivity index (χ3n) is 6.41. The van der Waals surface area contributed by atoms with Crippen LogP contribution < -0.4 is 10.1 Å². The van der Waals surface area contributed by atoms with E-state index in [0.29, 0.717) is 50.8 Å². The van der Waals surface area contributed by atoms with Crippen molar-refractivity contribution >= 4 is 23.3 Å². The molecule has 2 aromatic carbocycles. The summed E-state index contributed by atoms with van der Waals surface area (Å²) in [4.78, 5) is 39.7. The number of carbonyl (C=O) groups excluding carboxylic acids is 3. The molecule has 4 rings (SSSR count). The third-order valence-corrected chi connectivity index (χ3v) is 6.41. The molecule has 0 aromatic heterocycles. The molecule has 1 fully saturated rings. The Kier molecular flexibility index (Phi) is 6.35. The molecule has 0 radical (unpaired) electrons. The average molecular weight is 421 g/mol. The van der Waals surface area contributed by atoms with E-state index in [9.17, 15) is 14.4 Å². The van der Waals surface area contributed by atoms with Gasteiger partial charge in [-0.25, -0.2) is 0 Å². The number of carbonyl (C=O) groups is 3. The van der Waals surface area contributed by atoms with E-state index in [1.165, 1.54) is 0 Å². The molecule has 0 saturated carbocycles. The molecule has 0 bridgehead atoms. The summed E-state index contributed by atoms with van der Waals surface area (Å²) >= 11 is 0. The molecule has 0 spiro atoms. The number of benzene rings is 2. The molecular formula is C25H28N2O4. The van der Waals surface area contributed by atoms with E-state index in [-0.39, 0.29) is 29.4 Å². The molecule has 1 saturated heterocycles. The minimum Gasteiger partial charge on any atom is -0.497 e. The summed E-state index contributed by atoms with van der Waals surface area (Å²) in [6, 6.07) is 15.0. The van der Waals surface area contributed by atoms with Crippen LogP contribution in [0.3, 0.4) is 0 Å². The van der Waals surface area contributed by atoms with Gasteiger partial charge in [-0.05, 0) is 61.6 Å². The van der Waals surface area contributed by atoms with Crippen molar-refractivity contribution in [2.75, 3.05) is 25.5 Å². The number of likely N-dealkylation sites (tertiary alicyclic amines) is 1. The monoisotopic (exact) mass is 420 g/mol. The smallest absolute Gasteiger partial charge is 0.227 e. The molecule has 31 heavy (non-hydrogen) atoms. The summed E-state index contributed by atoms with van der Waals surface area (Å²) in [6.45, 7) is 1.18. The summed E-state index contributed by atoms with van der Waals surface area (Å²) in [5.41, 5.74) is 2.69. The van der Waals surface area contributed by atoms with Crippen molar-refractivity contribution in [3.8, 4) is 5.75 Å². The number of piperidine rings is 1. The maximum atomic E-state index is 12.8. The second kappa shape index (κ2) is 9.33. The largest absolute Gasteiger partial charge is 0.497 e. The minimum absolute atomic E-state index is 0.00436. The highest BCUT2D eigenvalue weighted by molar-refractivity contribution is 5.98. The van der Waals surface area contributed by atoms with E-state index in [0.717, 1.165) is 17.0 Å². The molecule has 6 nitrogen and oxygen atoms in total. The lowest BCUT2D eigenvalue weighted by Gasteiger charge is -2.32. The van der Waals surface area contributed by atoms with Gasteiger partial charge in [-0.2, -0.15) is 0 Å².